The quantitative estimate of drug-likeness (QED) is 0.390. The van der Waals surface area contributed by atoms with E-state index in [0.717, 1.165) is 41.6 Å². The fourth-order valence-corrected chi connectivity index (χ4v) is 6.90. The summed E-state index contributed by atoms with van der Waals surface area (Å²) >= 11 is 3.01. The SMILES string of the molecule is CCCn1c(SCC(=O)N2CCN(c3ccc(F)cc3)CC2)nc2sc3c(c2c1=O)CCC3. The Labute approximate surface area is 200 Å². The number of carbonyl (C=O) groups excluding carboxylic acids is 1. The van der Waals surface area contributed by atoms with Gasteiger partial charge in [-0.05, 0) is 55.5 Å². The molecule has 1 aromatic carbocycles. The number of anilines is 1. The first-order chi connectivity index (χ1) is 16.0. The summed E-state index contributed by atoms with van der Waals surface area (Å²) in [5, 5.41) is 1.45. The molecule has 3 heterocycles. The Kier molecular flexibility index (Phi) is 6.42. The molecule has 0 bridgehead atoms. The minimum absolute atomic E-state index is 0.0455. The van der Waals surface area contributed by atoms with E-state index in [1.807, 2.05) is 4.90 Å². The number of hydrogen-bond donors (Lipinski definition) is 0. The van der Waals surface area contributed by atoms with Crippen LogP contribution in [0.1, 0.15) is 30.2 Å². The zero-order valence-electron chi connectivity index (χ0n) is 18.7. The maximum absolute atomic E-state index is 13.3. The number of aromatic nitrogens is 2. The molecule has 0 unspecified atom stereocenters. The third-order valence-corrected chi connectivity index (χ3v) is 8.53. The molecule has 3 aromatic rings. The molecule has 2 aromatic heterocycles. The van der Waals surface area contributed by atoms with E-state index in [0.29, 0.717) is 37.9 Å². The molecular formula is C24H27FN4O2S2. The molecule has 0 atom stereocenters. The third kappa shape index (κ3) is 4.40. The summed E-state index contributed by atoms with van der Waals surface area (Å²) in [6.45, 7) is 5.35. The first kappa shape index (κ1) is 22.4. The number of fused-ring (bicyclic) bond motifs is 3. The minimum Gasteiger partial charge on any atom is -0.368 e. The van der Waals surface area contributed by atoms with Crippen LogP contribution < -0.4 is 10.5 Å². The minimum atomic E-state index is -0.245. The standard InChI is InChI=1S/C24H27FN4O2S2/c1-2-10-29-23(31)21-18-4-3-5-19(18)33-22(21)26-24(29)32-15-20(30)28-13-11-27(12-14-28)17-8-6-16(25)7-9-17/h6-9H,2-5,10-15H2,1H3. The summed E-state index contributed by atoms with van der Waals surface area (Å²) in [6, 6.07) is 6.48. The zero-order chi connectivity index (χ0) is 22.9. The summed E-state index contributed by atoms with van der Waals surface area (Å²) in [6.07, 6.45) is 3.96. The molecular weight excluding hydrogens is 459 g/mol. The van der Waals surface area contributed by atoms with Crippen molar-refractivity contribution in [2.75, 3.05) is 36.8 Å². The van der Waals surface area contributed by atoms with Crippen LogP contribution in [0, 0.1) is 5.82 Å². The maximum Gasteiger partial charge on any atom is 0.263 e. The van der Waals surface area contributed by atoms with Crippen LogP contribution in [0.15, 0.2) is 34.2 Å². The largest absolute Gasteiger partial charge is 0.368 e. The summed E-state index contributed by atoms with van der Waals surface area (Å²) in [5.74, 6) is 0.0819. The van der Waals surface area contributed by atoms with Gasteiger partial charge in [-0.2, -0.15) is 0 Å². The fourth-order valence-electron chi connectivity index (χ4n) is 4.67. The molecule has 1 aliphatic carbocycles. The van der Waals surface area contributed by atoms with Crippen LogP contribution in [0.2, 0.25) is 0 Å². The highest BCUT2D eigenvalue weighted by Crippen LogP contribution is 2.35. The highest BCUT2D eigenvalue weighted by atomic mass is 32.2. The number of amides is 1. The molecule has 1 saturated heterocycles. The molecule has 0 saturated carbocycles. The van der Waals surface area contributed by atoms with Gasteiger partial charge in [-0.15, -0.1) is 11.3 Å². The monoisotopic (exact) mass is 486 g/mol. The molecule has 174 valence electrons. The molecule has 0 N–H and O–H groups in total. The first-order valence-corrected chi connectivity index (χ1v) is 13.3. The maximum atomic E-state index is 13.3. The van der Waals surface area contributed by atoms with Crippen LogP contribution in [0.4, 0.5) is 10.1 Å². The van der Waals surface area contributed by atoms with Crippen LogP contribution in [-0.2, 0) is 24.2 Å². The van der Waals surface area contributed by atoms with Crippen molar-refractivity contribution in [3.63, 3.8) is 0 Å². The van der Waals surface area contributed by atoms with E-state index in [9.17, 15) is 14.0 Å². The lowest BCUT2D eigenvalue weighted by molar-refractivity contribution is -0.128. The number of rotatable bonds is 6. The predicted molar refractivity (Wildman–Crippen MR) is 132 cm³/mol. The Balaban J connectivity index is 1.27. The van der Waals surface area contributed by atoms with Gasteiger partial charge in [0.2, 0.25) is 5.91 Å². The third-order valence-electron chi connectivity index (χ3n) is 6.39. The van der Waals surface area contributed by atoms with Crippen molar-refractivity contribution in [3.8, 4) is 0 Å². The number of nitrogens with zero attached hydrogens (tertiary/aromatic N) is 4. The smallest absolute Gasteiger partial charge is 0.263 e. The van der Waals surface area contributed by atoms with Crippen LogP contribution in [-0.4, -0.2) is 52.3 Å². The molecule has 33 heavy (non-hydrogen) atoms. The highest BCUT2D eigenvalue weighted by Gasteiger charge is 2.25. The Hall–Kier alpha value is -2.39. The van der Waals surface area contributed by atoms with Gasteiger partial charge >= 0.3 is 0 Å². The van der Waals surface area contributed by atoms with Gasteiger partial charge in [-0.25, -0.2) is 9.37 Å². The molecule has 1 fully saturated rings. The number of thiophene rings is 1. The van der Waals surface area contributed by atoms with Crippen molar-refractivity contribution in [2.45, 2.75) is 44.3 Å². The van der Waals surface area contributed by atoms with E-state index < -0.39 is 0 Å². The molecule has 0 radical (unpaired) electrons. The fraction of sp³-hybridized carbons (Fsp3) is 0.458. The van der Waals surface area contributed by atoms with Crippen LogP contribution in [0.5, 0.6) is 0 Å². The van der Waals surface area contributed by atoms with Crippen LogP contribution in [0.25, 0.3) is 10.2 Å². The van der Waals surface area contributed by atoms with Gasteiger partial charge in [0.05, 0.1) is 11.1 Å². The van der Waals surface area contributed by atoms with Gasteiger partial charge in [0.25, 0.3) is 5.56 Å². The lowest BCUT2D eigenvalue weighted by atomic mass is 10.2. The van der Waals surface area contributed by atoms with Gasteiger partial charge in [-0.1, -0.05) is 18.7 Å². The Morgan fingerprint density at radius 1 is 1.15 bits per heavy atom. The van der Waals surface area contributed by atoms with Crippen LogP contribution in [0.3, 0.4) is 0 Å². The first-order valence-electron chi connectivity index (χ1n) is 11.5. The van der Waals surface area contributed by atoms with Crippen molar-refractivity contribution in [2.24, 2.45) is 0 Å². The second-order valence-corrected chi connectivity index (χ2v) is 10.5. The number of thioether (sulfide) groups is 1. The molecule has 2 aliphatic rings. The Morgan fingerprint density at radius 3 is 2.64 bits per heavy atom. The Morgan fingerprint density at radius 2 is 1.91 bits per heavy atom. The predicted octanol–water partition coefficient (Wildman–Crippen LogP) is 3.94. The molecule has 9 heteroatoms. The number of benzene rings is 1. The van der Waals surface area contributed by atoms with Crippen molar-refractivity contribution in [1.82, 2.24) is 14.5 Å². The number of hydrogen-bond acceptors (Lipinski definition) is 6. The zero-order valence-corrected chi connectivity index (χ0v) is 20.3. The number of piperazine rings is 1. The van der Waals surface area contributed by atoms with Gasteiger partial charge in [-0.3, -0.25) is 14.2 Å². The van der Waals surface area contributed by atoms with Gasteiger partial charge in [0.15, 0.2) is 5.16 Å². The topological polar surface area (TPSA) is 58.4 Å². The summed E-state index contributed by atoms with van der Waals surface area (Å²) in [7, 11) is 0. The lowest BCUT2D eigenvalue weighted by Gasteiger charge is -2.36. The number of halogens is 1. The van der Waals surface area contributed by atoms with E-state index in [-0.39, 0.29) is 23.0 Å². The van der Waals surface area contributed by atoms with E-state index >= 15 is 0 Å². The highest BCUT2D eigenvalue weighted by molar-refractivity contribution is 7.99. The lowest BCUT2D eigenvalue weighted by Crippen LogP contribution is -2.49. The molecule has 1 aliphatic heterocycles. The second kappa shape index (κ2) is 9.46. The van der Waals surface area contributed by atoms with E-state index in [1.54, 1.807) is 28.0 Å². The van der Waals surface area contributed by atoms with Gasteiger partial charge < -0.3 is 9.80 Å². The Bertz CT molecular complexity index is 1230. The van der Waals surface area contributed by atoms with E-state index in [4.69, 9.17) is 4.98 Å². The summed E-state index contributed by atoms with van der Waals surface area (Å²) < 4.78 is 14.9. The van der Waals surface area contributed by atoms with Gasteiger partial charge in [0, 0.05) is 43.3 Å². The van der Waals surface area contributed by atoms with Crippen LogP contribution >= 0.6 is 23.1 Å². The van der Waals surface area contributed by atoms with Crippen molar-refractivity contribution < 1.29 is 9.18 Å². The van der Waals surface area contributed by atoms with Crippen molar-refractivity contribution in [1.29, 1.82) is 0 Å². The average molecular weight is 487 g/mol. The number of carbonyl (C=O) groups is 1. The van der Waals surface area contributed by atoms with Crippen molar-refractivity contribution >= 4 is 44.9 Å². The normalized spacial score (nSPS) is 15.9. The average Bonchev–Trinajstić information content (AvgIpc) is 3.41. The molecule has 0 spiro atoms. The molecule has 6 nitrogen and oxygen atoms in total. The van der Waals surface area contributed by atoms with Gasteiger partial charge in [0.1, 0.15) is 10.6 Å². The van der Waals surface area contributed by atoms with Crippen molar-refractivity contribution in [3.05, 3.63) is 50.9 Å². The molecule has 1 amide bonds. The van der Waals surface area contributed by atoms with E-state index in [1.165, 1.54) is 34.3 Å². The van der Waals surface area contributed by atoms with E-state index in [2.05, 4.69) is 11.8 Å². The summed E-state index contributed by atoms with van der Waals surface area (Å²) in [4.78, 5) is 37.2. The summed E-state index contributed by atoms with van der Waals surface area (Å²) in [5.41, 5.74) is 2.22. The second-order valence-electron chi connectivity index (χ2n) is 8.52. The number of aryl methyl sites for hydroxylation is 2. The molecule has 5 rings (SSSR count).